The van der Waals surface area contributed by atoms with E-state index in [1.807, 2.05) is 24.3 Å². The fourth-order valence-electron chi connectivity index (χ4n) is 1.32. The molecule has 0 spiro atoms. The first-order valence-corrected chi connectivity index (χ1v) is 5.94. The predicted molar refractivity (Wildman–Crippen MR) is 68.4 cm³/mol. The molecule has 1 heterocycles. The average molecular weight is 248 g/mol. The summed E-state index contributed by atoms with van der Waals surface area (Å²) in [5, 5.41) is 5.57. The van der Waals surface area contributed by atoms with Gasteiger partial charge in [0.1, 0.15) is 11.4 Å². The maximum Gasteiger partial charge on any atom is 0.187 e. The maximum atomic E-state index is 11.1. The molecular formula is C12H12N2O2S. The van der Waals surface area contributed by atoms with E-state index in [1.54, 1.807) is 12.5 Å². The van der Waals surface area contributed by atoms with Crippen molar-refractivity contribution in [3.8, 4) is 5.75 Å². The standard InChI is InChI=1S/C12H12N2O2S/c1-8(15)11-7-17-12(14-11)13-9-4-3-5-10(6-9)16-2/h3-7H,1-2H3,(H,13,14). The summed E-state index contributed by atoms with van der Waals surface area (Å²) < 4.78 is 5.12. The Labute approximate surface area is 103 Å². The van der Waals surface area contributed by atoms with Gasteiger partial charge in [0, 0.05) is 24.1 Å². The molecule has 2 aromatic rings. The first-order valence-electron chi connectivity index (χ1n) is 5.06. The number of carbonyl (C=O) groups is 1. The number of carbonyl (C=O) groups excluding carboxylic acids is 1. The van der Waals surface area contributed by atoms with E-state index >= 15 is 0 Å². The molecule has 1 aromatic heterocycles. The molecule has 17 heavy (non-hydrogen) atoms. The lowest BCUT2D eigenvalue weighted by Gasteiger charge is -2.04. The van der Waals surface area contributed by atoms with E-state index in [-0.39, 0.29) is 5.78 Å². The van der Waals surface area contributed by atoms with E-state index in [4.69, 9.17) is 4.74 Å². The van der Waals surface area contributed by atoms with E-state index in [0.29, 0.717) is 10.8 Å². The lowest BCUT2D eigenvalue weighted by Crippen LogP contribution is -1.94. The van der Waals surface area contributed by atoms with E-state index in [2.05, 4.69) is 10.3 Å². The largest absolute Gasteiger partial charge is 0.497 e. The van der Waals surface area contributed by atoms with Crippen LogP contribution in [0.15, 0.2) is 29.6 Å². The van der Waals surface area contributed by atoms with Gasteiger partial charge in [-0.3, -0.25) is 4.79 Å². The summed E-state index contributed by atoms with van der Waals surface area (Å²) in [6.45, 7) is 1.50. The second kappa shape index (κ2) is 4.97. The molecule has 0 aliphatic rings. The number of thiazole rings is 1. The molecule has 4 nitrogen and oxygen atoms in total. The summed E-state index contributed by atoms with van der Waals surface area (Å²) in [7, 11) is 1.62. The van der Waals surface area contributed by atoms with Crippen LogP contribution in [-0.2, 0) is 0 Å². The highest BCUT2D eigenvalue weighted by molar-refractivity contribution is 7.14. The SMILES string of the molecule is COc1cccc(Nc2nc(C(C)=O)cs2)c1. The van der Waals surface area contributed by atoms with Gasteiger partial charge in [-0.25, -0.2) is 4.98 Å². The van der Waals surface area contributed by atoms with Crippen LogP contribution in [0.2, 0.25) is 0 Å². The second-order valence-electron chi connectivity index (χ2n) is 3.45. The summed E-state index contributed by atoms with van der Waals surface area (Å²) in [5.74, 6) is 0.748. The Hall–Kier alpha value is -1.88. The van der Waals surface area contributed by atoms with Crippen molar-refractivity contribution < 1.29 is 9.53 Å². The van der Waals surface area contributed by atoms with Gasteiger partial charge in [-0.2, -0.15) is 0 Å². The topological polar surface area (TPSA) is 51.2 Å². The third-order valence-electron chi connectivity index (χ3n) is 2.19. The van der Waals surface area contributed by atoms with Crippen LogP contribution in [0.4, 0.5) is 10.8 Å². The van der Waals surface area contributed by atoms with Crippen LogP contribution < -0.4 is 10.1 Å². The summed E-state index contributed by atoms with van der Waals surface area (Å²) >= 11 is 1.40. The van der Waals surface area contributed by atoms with Gasteiger partial charge in [-0.05, 0) is 12.1 Å². The minimum Gasteiger partial charge on any atom is -0.497 e. The van der Waals surface area contributed by atoms with Gasteiger partial charge in [0.15, 0.2) is 10.9 Å². The molecule has 1 N–H and O–H groups in total. The number of aromatic nitrogens is 1. The molecule has 0 aliphatic carbocycles. The molecule has 0 bridgehead atoms. The van der Waals surface area contributed by atoms with Crippen molar-refractivity contribution in [2.75, 3.05) is 12.4 Å². The minimum absolute atomic E-state index is 0.0278. The molecule has 5 heteroatoms. The van der Waals surface area contributed by atoms with Crippen LogP contribution in [0.3, 0.4) is 0 Å². The number of methoxy groups -OCH3 is 1. The lowest BCUT2D eigenvalue weighted by molar-refractivity contribution is 0.101. The molecule has 0 unspecified atom stereocenters. The van der Waals surface area contributed by atoms with Crippen molar-refractivity contribution in [1.82, 2.24) is 4.98 Å². The highest BCUT2D eigenvalue weighted by atomic mass is 32.1. The monoisotopic (exact) mass is 248 g/mol. The fraction of sp³-hybridized carbons (Fsp3) is 0.167. The first-order chi connectivity index (χ1) is 8.19. The smallest absolute Gasteiger partial charge is 0.187 e. The third-order valence-corrected chi connectivity index (χ3v) is 2.94. The quantitative estimate of drug-likeness (QED) is 0.845. The molecule has 0 atom stereocenters. The number of rotatable bonds is 4. The van der Waals surface area contributed by atoms with Crippen LogP contribution >= 0.6 is 11.3 Å². The van der Waals surface area contributed by atoms with Crippen molar-refractivity contribution in [3.63, 3.8) is 0 Å². The van der Waals surface area contributed by atoms with E-state index in [0.717, 1.165) is 11.4 Å². The molecule has 0 saturated heterocycles. The Morgan fingerprint density at radius 3 is 2.94 bits per heavy atom. The predicted octanol–water partition coefficient (Wildman–Crippen LogP) is 3.10. The molecule has 88 valence electrons. The fourth-order valence-corrected chi connectivity index (χ4v) is 2.09. The van der Waals surface area contributed by atoms with Gasteiger partial charge < -0.3 is 10.1 Å². The van der Waals surface area contributed by atoms with Crippen LogP contribution in [-0.4, -0.2) is 17.9 Å². The summed E-state index contributed by atoms with van der Waals surface area (Å²) in [6, 6.07) is 7.54. The molecule has 0 radical (unpaired) electrons. The summed E-state index contributed by atoms with van der Waals surface area (Å²) in [6.07, 6.45) is 0. The van der Waals surface area contributed by atoms with E-state index in [9.17, 15) is 4.79 Å². The number of hydrogen-bond donors (Lipinski definition) is 1. The van der Waals surface area contributed by atoms with Crippen LogP contribution in [0.1, 0.15) is 17.4 Å². The van der Waals surface area contributed by atoms with Crippen LogP contribution in [0, 0.1) is 0 Å². The summed E-state index contributed by atoms with van der Waals surface area (Å²) in [4.78, 5) is 15.3. The Bertz CT molecular complexity index is 537. The number of anilines is 2. The zero-order valence-corrected chi connectivity index (χ0v) is 10.4. The number of Topliss-reactive ketones (excluding diaryl/α,β-unsaturated/α-hetero) is 1. The number of hydrogen-bond acceptors (Lipinski definition) is 5. The molecular weight excluding hydrogens is 236 g/mol. The molecule has 0 amide bonds. The van der Waals surface area contributed by atoms with Crippen molar-refractivity contribution in [3.05, 3.63) is 35.3 Å². The van der Waals surface area contributed by atoms with E-state index in [1.165, 1.54) is 18.3 Å². The molecule has 0 saturated carbocycles. The van der Waals surface area contributed by atoms with Crippen LogP contribution in [0.25, 0.3) is 0 Å². The number of benzene rings is 1. The first kappa shape index (κ1) is 11.6. The number of nitrogens with zero attached hydrogens (tertiary/aromatic N) is 1. The molecule has 1 aromatic carbocycles. The second-order valence-corrected chi connectivity index (χ2v) is 4.31. The van der Waals surface area contributed by atoms with Crippen LogP contribution in [0.5, 0.6) is 5.75 Å². The molecule has 0 aliphatic heterocycles. The van der Waals surface area contributed by atoms with Gasteiger partial charge in [-0.1, -0.05) is 6.07 Å². The van der Waals surface area contributed by atoms with E-state index < -0.39 is 0 Å². The highest BCUT2D eigenvalue weighted by Crippen LogP contribution is 2.23. The van der Waals surface area contributed by atoms with Gasteiger partial charge >= 0.3 is 0 Å². The normalized spacial score (nSPS) is 10.0. The van der Waals surface area contributed by atoms with Crippen molar-refractivity contribution in [1.29, 1.82) is 0 Å². The minimum atomic E-state index is -0.0278. The Balaban J connectivity index is 2.16. The van der Waals surface area contributed by atoms with Crippen molar-refractivity contribution >= 4 is 27.9 Å². The lowest BCUT2D eigenvalue weighted by atomic mass is 10.3. The Kier molecular flexibility index (Phi) is 3.39. The number of ketones is 1. The van der Waals surface area contributed by atoms with Crippen molar-refractivity contribution in [2.24, 2.45) is 0 Å². The zero-order chi connectivity index (χ0) is 12.3. The van der Waals surface area contributed by atoms with Gasteiger partial charge in [0.25, 0.3) is 0 Å². The highest BCUT2D eigenvalue weighted by Gasteiger charge is 2.06. The zero-order valence-electron chi connectivity index (χ0n) is 9.56. The van der Waals surface area contributed by atoms with Gasteiger partial charge in [0.2, 0.25) is 0 Å². The van der Waals surface area contributed by atoms with Gasteiger partial charge in [-0.15, -0.1) is 11.3 Å². The number of ether oxygens (including phenoxy) is 1. The Morgan fingerprint density at radius 1 is 1.47 bits per heavy atom. The van der Waals surface area contributed by atoms with Gasteiger partial charge in [0.05, 0.1) is 7.11 Å². The Morgan fingerprint density at radius 2 is 2.29 bits per heavy atom. The van der Waals surface area contributed by atoms with Crippen molar-refractivity contribution in [2.45, 2.75) is 6.92 Å². The molecule has 0 fully saturated rings. The summed E-state index contributed by atoms with van der Waals surface area (Å²) in [5.41, 5.74) is 1.37. The average Bonchev–Trinajstić information content (AvgIpc) is 2.78. The third kappa shape index (κ3) is 2.82. The number of nitrogens with one attached hydrogen (secondary N) is 1. The maximum absolute atomic E-state index is 11.1. The molecule has 2 rings (SSSR count).